The van der Waals surface area contributed by atoms with Crippen LogP contribution in [-0.4, -0.2) is 63.0 Å². The molecule has 0 radical (unpaired) electrons. The third kappa shape index (κ3) is 11.7. The molecule has 1 aromatic rings. The molecular weight excluding hydrogens is 498 g/mol. The maximum atomic E-state index is 13.3. The summed E-state index contributed by atoms with van der Waals surface area (Å²) in [6.45, 7) is 1.69. The molecule has 224 valence electrons. The molecule has 4 atom stereocenters. The van der Waals surface area contributed by atoms with Crippen LogP contribution < -0.4 is 26.3 Å². The lowest BCUT2D eigenvalue weighted by Crippen LogP contribution is -2.46. The van der Waals surface area contributed by atoms with E-state index < -0.39 is 61.3 Å². The van der Waals surface area contributed by atoms with E-state index in [0.29, 0.717) is 44.0 Å². The Morgan fingerprint density at radius 1 is 1.10 bits per heavy atom. The number of carbonyl (C=O) groups excluding carboxylic acids is 2. The van der Waals surface area contributed by atoms with E-state index in [0.717, 1.165) is 5.56 Å². The van der Waals surface area contributed by atoms with Gasteiger partial charge in [0.2, 0.25) is 11.8 Å². The van der Waals surface area contributed by atoms with E-state index in [4.69, 9.17) is 33.9 Å². The van der Waals surface area contributed by atoms with Crippen molar-refractivity contribution in [2.45, 2.75) is 79.2 Å². The summed E-state index contributed by atoms with van der Waals surface area (Å²) in [6.07, 6.45) is -0.302. The van der Waals surface area contributed by atoms with Crippen molar-refractivity contribution in [3.8, 4) is 11.5 Å². The summed E-state index contributed by atoms with van der Waals surface area (Å²) in [6, 6.07) is 4.74. The second-order valence-electron chi connectivity index (χ2n) is 11.1. The van der Waals surface area contributed by atoms with Crippen LogP contribution in [0.4, 0.5) is 0 Å². The zero-order chi connectivity index (χ0) is 34.8. The highest BCUT2D eigenvalue weighted by molar-refractivity contribution is 5.83. The predicted molar refractivity (Wildman–Crippen MR) is 155 cm³/mol. The average molecular weight is 558 g/mol. The van der Waals surface area contributed by atoms with Gasteiger partial charge in [-0.15, -0.1) is 0 Å². The van der Waals surface area contributed by atoms with Gasteiger partial charge >= 0.3 is 0 Å². The van der Waals surface area contributed by atoms with Gasteiger partial charge in [-0.05, 0) is 68.6 Å². The van der Waals surface area contributed by atoms with Crippen LogP contribution in [0.1, 0.15) is 74.4 Å². The average Bonchev–Trinajstić information content (AvgIpc) is 2.91. The highest BCUT2D eigenvalue weighted by Crippen LogP contribution is 2.32. The zero-order valence-electron chi connectivity index (χ0n) is 30.3. The number of aliphatic hydroxyl groups is 1. The number of benzene rings is 1. The number of nitrogens with two attached hydrogens (primary N) is 2. The molecule has 0 bridgehead atoms. The fourth-order valence-corrected chi connectivity index (χ4v) is 4.10. The first-order chi connectivity index (χ1) is 20.6. The first-order valence-electron chi connectivity index (χ1n) is 16.5. The van der Waals surface area contributed by atoms with Crippen LogP contribution in [0.15, 0.2) is 18.2 Å². The topological polar surface area (TPSA) is 146 Å². The van der Waals surface area contributed by atoms with Crippen molar-refractivity contribution in [2.24, 2.45) is 40.6 Å². The SMILES string of the molecule is [2H]C([2H])([2H])C([C@H](C[C@H](O)[C@@H](N)C[C@H](Cc1ccc(OC)c(OCCCOC)c1)C(C)C)C(=O)NCC(C)(C)C(N)=O)C([2H])([2H])[2H]. The number of carbonyl (C=O) groups is 2. The van der Waals surface area contributed by atoms with Gasteiger partial charge < -0.3 is 36.1 Å². The molecule has 0 aliphatic carbocycles. The Hall–Kier alpha value is -2.36. The highest BCUT2D eigenvalue weighted by atomic mass is 16.5. The Morgan fingerprint density at radius 3 is 2.36 bits per heavy atom. The van der Waals surface area contributed by atoms with Crippen LogP contribution in [0.5, 0.6) is 11.5 Å². The predicted octanol–water partition coefficient (Wildman–Crippen LogP) is 3.29. The largest absolute Gasteiger partial charge is 0.493 e. The molecule has 0 saturated carbocycles. The third-order valence-corrected chi connectivity index (χ3v) is 7.09. The van der Waals surface area contributed by atoms with Crippen LogP contribution in [0, 0.1) is 29.1 Å². The molecular formula is C30H53N3O6. The molecule has 1 aromatic carbocycles. The van der Waals surface area contributed by atoms with Crippen molar-refractivity contribution in [2.75, 3.05) is 34.0 Å². The summed E-state index contributed by atoms with van der Waals surface area (Å²) < 4.78 is 64.0. The van der Waals surface area contributed by atoms with Gasteiger partial charge in [0.05, 0.1) is 25.2 Å². The molecule has 0 fully saturated rings. The number of aliphatic hydroxyl groups excluding tert-OH is 1. The summed E-state index contributed by atoms with van der Waals surface area (Å²) in [5, 5.41) is 13.7. The van der Waals surface area contributed by atoms with Crippen molar-refractivity contribution in [1.82, 2.24) is 5.32 Å². The van der Waals surface area contributed by atoms with E-state index in [1.54, 1.807) is 14.2 Å². The number of amides is 2. The summed E-state index contributed by atoms with van der Waals surface area (Å²) in [4.78, 5) is 25.1. The Bertz CT molecular complexity index is 1070. The Balaban J connectivity index is 3.20. The van der Waals surface area contributed by atoms with E-state index in [-0.39, 0.29) is 18.4 Å². The van der Waals surface area contributed by atoms with Crippen molar-refractivity contribution in [3.63, 3.8) is 0 Å². The van der Waals surface area contributed by atoms with Gasteiger partial charge in [-0.3, -0.25) is 9.59 Å². The fraction of sp³-hybridized carbons (Fsp3) is 0.733. The first-order valence-corrected chi connectivity index (χ1v) is 13.5. The molecule has 0 saturated heterocycles. The first kappa shape index (κ1) is 25.6. The molecule has 0 aliphatic heterocycles. The lowest BCUT2D eigenvalue weighted by molar-refractivity contribution is -0.130. The lowest BCUT2D eigenvalue weighted by Gasteiger charge is -2.30. The second-order valence-corrected chi connectivity index (χ2v) is 11.1. The minimum Gasteiger partial charge on any atom is -0.493 e. The summed E-state index contributed by atoms with van der Waals surface area (Å²) in [5.41, 5.74) is 11.6. The maximum Gasteiger partial charge on any atom is 0.224 e. The number of nitrogens with one attached hydrogen (secondary N) is 1. The van der Waals surface area contributed by atoms with Gasteiger partial charge in [0.25, 0.3) is 0 Å². The van der Waals surface area contributed by atoms with E-state index in [1.807, 2.05) is 32.0 Å². The number of methoxy groups -OCH3 is 2. The number of primary amides is 1. The minimum atomic E-state index is -3.05. The number of hydrogen-bond donors (Lipinski definition) is 4. The quantitative estimate of drug-likeness (QED) is 0.191. The minimum absolute atomic E-state index is 0.0333. The van der Waals surface area contributed by atoms with Crippen LogP contribution in [0.3, 0.4) is 0 Å². The summed E-state index contributed by atoms with van der Waals surface area (Å²) in [7, 11) is 3.18. The number of hydrogen-bond acceptors (Lipinski definition) is 7. The molecule has 39 heavy (non-hydrogen) atoms. The van der Waals surface area contributed by atoms with E-state index in [2.05, 4.69) is 5.32 Å². The molecule has 6 N–H and O–H groups in total. The van der Waals surface area contributed by atoms with Crippen molar-refractivity contribution in [3.05, 3.63) is 23.8 Å². The van der Waals surface area contributed by atoms with Crippen LogP contribution in [0.25, 0.3) is 0 Å². The third-order valence-electron chi connectivity index (χ3n) is 7.09. The lowest BCUT2D eigenvalue weighted by atomic mass is 9.80. The normalized spacial score (nSPS) is 18.0. The van der Waals surface area contributed by atoms with E-state index >= 15 is 0 Å². The zero-order valence-corrected chi connectivity index (χ0v) is 24.3. The van der Waals surface area contributed by atoms with Gasteiger partial charge in [-0.2, -0.15) is 0 Å². The monoisotopic (exact) mass is 557 g/mol. The molecule has 0 heterocycles. The second kappa shape index (κ2) is 16.7. The van der Waals surface area contributed by atoms with Crippen LogP contribution in [0.2, 0.25) is 0 Å². The van der Waals surface area contributed by atoms with Crippen LogP contribution in [-0.2, 0) is 20.7 Å². The summed E-state index contributed by atoms with van der Waals surface area (Å²) in [5.74, 6) is -4.07. The van der Waals surface area contributed by atoms with Crippen molar-refractivity contribution >= 4 is 11.8 Å². The summed E-state index contributed by atoms with van der Waals surface area (Å²) >= 11 is 0. The number of ether oxygens (including phenoxy) is 3. The molecule has 2 amide bonds. The molecule has 0 aromatic heterocycles. The number of rotatable bonds is 19. The molecule has 0 unspecified atom stereocenters. The molecule has 9 nitrogen and oxygen atoms in total. The fourth-order valence-electron chi connectivity index (χ4n) is 4.10. The van der Waals surface area contributed by atoms with E-state index in [9.17, 15) is 14.7 Å². The van der Waals surface area contributed by atoms with Gasteiger partial charge in [-0.25, -0.2) is 0 Å². The Morgan fingerprint density at radius 2 is 1.79 bits per heavy atom. The molecule has 0 aliphatic rings. The highest BCUT2D eigenvalue weighted by Gasteiger charge is 2.32. The Kier molecular flexibility index (Phi) is 10.9. The van der Waals surface area contributed by atoms with Gasteiger partial charge in [0.15, 0.2) is 11.5 Å². The standard InChI is InChI=1S/C30H53N3O6/c1-19(2)22(14-21-10-11-26(38-8)27(15-21)39-13-9-12-37-7)16-24(31)25(34)17-23(20(3)4)28(35)33-18-30(5,6)29(32)36/h10-11,15,19-20,22-25,34H,9,12-14,16-18,31H2,1-8H3,(H2,32,36)(H,33,35)/t22-,23-,24-,25-/m0/s1/i3D3,4D3. The smallest absolute Gasteiger partial charge is 0.224 e. The van der Waals surface area contributed by atoms with Gasteiger partial charge in [-0.1, -0.05) is 33.6 Å². The maximum absolute atomic E-state index is 13.3. The molecule has 0 spiro atoms. The van der Waals surface area contributed by atoms with Crippen molar-refractivity contribution < 1.29 is 37.1 Å². The Labute approximate surface area is 243 Å². The van der Waals surface area contributed by atoms with Gasteiger partial charge in [0, 0.05) is 46.9 Å². The molecule has 1 rings (SSSR count). The van der Waals surface area contributed by atoms with Crippen molar-refractivity contribution in [1.29, 1.82) is 0 Å². The molecule has 9 heteroatoms. The van der Waals surface area contributed by atoms with Crippen LogP contribution >= 0.6 is 0 Å². The van der Waals surface area contributed by atoms with E-state index in [1.165, 1.54) is 13.8 Å². The van der Waals surface area contributed by atoms with Gasteiger partial charge in [0.1, 0.15) is 0 Å².